The van der Waals surface area contributed by atoms with Crippen LogP contribution in [-0.4, -0.2) is 29.8 Å². The molecule has 100 valence electrons. The molecule has 2 rings (SSSR count). The van der Waals surface area contributed by atoms with E-state index in [1.54, 1.807) is 0 Å². The van der Waals surface area contributed by atoms with Gasteiger partial charge in [0.15, 0.2) is 5.78 Å². The van der Waals surface area contributed by atoms with E-state index in [1.807, 2.05) is 27.7 Å². The SMILES string of the molecule is CC.CC(C)C(=O)C1C[C@@H]2CCCC[C@@H]2N1C. The number of fused-ring (bicyclic) bond motifs is 1. The highest BCUT2D eigenvalue weighted by atomic mass is 16.1. The zero-order valence-electron chi connectivity index (χ0n) is 12.2. The van der Waals surface area contributed by atoms with Gasteiger partial charge in [-0.05, 0) is 32.2 Å². The van der Waals surface area contributed by atoms with Gasteiger partial charge in [-0.2, -0.15) is 0 Å². The Labute approximate surface area is 107 Å². The van der Waals surface area contributed by atoms with E-state index in [1.165, 1.54) is 25.7 Å². The van der Waals surface area contributed by atoms with Crippen molar-refractivity contribution in [2.75, 3.05) is 7.05 Å². The van der Waals surface area contributed by atoms with Gasteiger partial charge in [-0.25, -0.2) is 0 Å². The molecule has 1 aliphatic heterocycles. The molecule has 2 heteroatoms. The molecule has 2 fully saturated rings. The molecule has 1 unspecified atom stereocenters. The van der Waals surface area contributed by atoms with E-state index in [4.69, 9.17) is 0 Å². The van der Waals surface area contributed by atoms with Crippen LogP contribution < -0.4 is 0 Å². The number of Topliss-reactive ketones (excluding diaryl/α,β-unsaturated/α-hetero) is 1. The van der Waals surface area contributed by atoms with Gasteiger partial charge in [0, 0.05) is 12.0 Å². The Morgan fingerprint density at radius 2 is 1.76 bits per heavy atom. The minimum absolute atomic E-state index is 0.192. The Hall–Kier alpha value is -0.370. The second-order valence-electron chi connectivity index (χ2n) is 5.59. The predicted octanol–water partition coefficient (Wildman–Crippen LogP) is 3.50. The zero-order valence-corrected chi connectivity index (χ0v) is 12.2. The van der Waals surface area contributed by atoms with Crippen molar-refractivity contribution in [1.82, 2.24) is 4.90 Å². The first-order valence-electron chi connectivity index (χ1n) is 7.37. The van der Waals surface area contributed by atoms with Crippen molar-refractivity contribution >= 4 is 5.78 Å². The molecule has 0 N–H and O–H groups in total. The summed E-state index contributed by atoms with van der Waals surface area (Å²) in [5, 5.41) is 0. The van der Waals surface area contributed by atoms with Gasteiger partial charge in [0.25, 0.3) is 0 Å². The van der Waals surface area contributed by atoms with Crippen molar-refractivity contribution in [1.29, 1.82) is 0 Å². The van der Waals surface area contributed by atoms with Crippen LogP contribution >= 0.6 is 0 Å². The second kappa shape index (κ2) is 6.53. The van der Waals surface area contributed by atoms with Crippen LogP contribution in [0.4, 0.5) is 0 Å². The normalized spacial score (nSPS) is 32.9. The monoisotopic (exact) mass is 239 g/mol. The van der Waals surface area contributed by atoms with Gasteiger partial charge in [-0.15, -0.1) is 0 Å². The molecule has 1 saturated heterocycles. The Kier molecular flexibility index (Phi) is 5.64. The number of carbonyl (C=O) groups excluding carboxylic acids is 1. The highest BCUT2D eigenvalue weighted by molar-refractivity contribution is 5.86. The first kappa shape index (κ1) is 14.7. The van der Waals surface area contributed by atoms with Crippen LogP contribution in [0.2, 0.25) is 0 Å². The number of likely N-dealkylation sites (tertiary alicyclic amines) is 1. The summed E-state index contributed by atoms with van der Waals surface area (Å²) in [7, 11) is 2.15. The first-order chi connectivity index (χ1) is 8.11. The van der Waals surface area contributed by atoms with Crippen LogP contribution in [0.15, 0.2) is 0 Å². The number of hydrogen-bond donors (Lipinski definition) is 0. The summed E-state index contributed by atoms with van der Waals surface area (Å²) in [6, 6.07) is 0.921. The number of carbonyl (C=O) groups is 1. The molecule has 0 aromatic rings. The van der Waals surface area contributed by atoms with Crippen LogP contribution in [0.1, 0.15) is 59.8 Å². The standard InChI is InChI=1S/C13H23NO.C2H6/c1-9(2)13(15)12-8-10-6-4-5-7-11(10)14(12)3;1-2/h9-12H,4-8H2,1-3H3;1-2H3/t10-,11-,12?;/m0./s1. The van der Waals surface area contributed by atoms with Crippen molar-refractivity contribution in [3.63, 3.8) is 0 Å². The topological polar surface area (TPSA) is 20.3 Å². The zero-order chi connectivity index (χ0) is 13.0. The maximum atomic E-state index is 12.1. The number of rotatable bonds is 2. The molecule has 0 spiro atoms. The highest BCUT2D eigenvalue weighted by Gasteiger charge is 2.43. The lowest BCUT2D eigenvalue weighted by Gasteiger charge is -2.30. The van der Waals surface area contributed by atoms with Crippen LogP contribution in [0, 0.1) is 11.8 Å². The Bertz CT molecular complexity index is 249. The first-order valence-corrected chi connectivity index (χ1v) is 7.37. The molecule has 0 bridgehead atoms. The quantitative estimate of drug-likeness (QED) is 0.735. The van der Waals surface area contributed by atoms with Gasteiger partial charge in [-0.1, -0.05) is 40.5 Å². The Morgan fingerprint density at radius 3 is 2.29 bits per heavy atom. The maximum Gasteiger partial charge on any atom is 0.152 e. The third-order valence-corrected chi connectivity index (χ3v) is 4.31. The molecule has 2 nitrogen and oxygen atoms in total. The molecule has 1 aliphatic carbocycles. The number of ketones is 1. The summed E-state index contributed by atoms with van der Waals surface area (Å²) in [6.07, 6.45) is 6.50. The lowest BCUT2D eigenvalue weighted by atomic mass is 9.84. The van der Waals surface area contributed by atoms with E-state index in [2.05, 4.69) is 11.9 Å². The Morgan fingerprint density at radius 1 is 1.18 bits per heavy atom. The molecule has 17 heavy (non-hydrogen) atoms. The largest absolute Gasteiger partial charge is 0.298 e. The summed E-state index contributed by atoms with van der Waals surface area (Å²) < 4.78 is 0. The van der Waals surface area contributed by atoms with Crippen molar-refractivity contribution in [2.24, 2.45) is 11.8 Å². The van der Waals surface area contributed by atoms with E-state index in [-0.39, 0.29) is 12.0 Å². The predicted molar refractivity (Wildman–Crippen MR) is 73.1 cm³/mol. The van der Waals surface area contributed by atoms with Crippen LogP contribution in [0.25, 0.3) is 0 Å². The minimum atomic E-state index is 0.192. The van der Waals surface area contributed by atoms with E-state index < -0.39 is 0 Å². The average molecular weight is 239 g/mol. The molecule has 0 aromatic heterocycles. The molecule has 2 aliphatic rings. The summed E-state index contributed by atoms with van der Waals surface area (Å²) in [4.78, 5) is 14.4. The molecule has 1 saturated carbocycles. The maximum absolute atomic E-state index is 12.1. The van der Waals surface area contributed by atoms with Gasteiger partial charge < -0.3 is 0 Å². The fraction of sp³-hybridized carbons (Fsp3) is 0.933. The second-order valence-corrected chi connectivity index (χ2v) is 5.59. The summed E-state index contributed by atoms with van der Waals surface area (Å²) >= 11 is 0. The number of hydrogen-bond acceptors (Lipinski definition) is 2. The number of nitrogens with zero attached hydrogens (tertiary/aromatic N) is 1. The Balaban J connectivity index is 0.000000686. The van der Waals surface area contributed by atoms with E-state index in [0.29, 0.717) is 11.8 Å². The van der Waals surface area contributed by atoms with Gasteiger partial charge >= 0.3 is 0 Å². The summed E-state index contributed by atoms with van der Waals surface area (Å²) in [6.45, 7) is 8.05. The third-order valence-electron chi connectivity index (χ3n) is 4.31. The lowest BCUT2D eigenvalue weighted by molar-refractivity contribution is -0.126. The molecule has 0 aromatic carbocycles. The van der Waals surface area contributed by atoms with Gasteiger partial charge in [0.1, 0.15) is 0 Å². The average Bonchev–Trinajstić information content (AvgIpc) is 2.69. The molecular formula is C15H29NO. The lowest BCUT2D eigenvalue weighted by Crippen LogP contribution is -2.40. The highest BCUT2D eigenvalue weighted by Crippen LogP contribution is 2.39. The van der Waals surface area contributed by atoms with Gasteiger partial charge in [-0.3, -0.25) is 9.69 Å². The van der Waals surface area contributed by atoms with Crippen LogP contribution in [-0.2, 0) is 4.79 Å². The minimum Gasteiger partial charge on any atom is -0.298 e. The fourth-order valence-electron chi connectivity index (χ4n) is 3.38. The summed E-state index contributed by atoms with van der Waals surface area (Å²) in [5.74, 6) is 1.45. The van der Waals surface area contributed by atoms with E-state index >= 15 is 0 Å². The van der Waals surface area contributed by atoms with Gasteiger partial charge in [0.2, 0.25) is 0 Å². The van der Waals surface area contributed by atoms with Crippen molar-refractivity contribution < 1.29 is 4.79 Å². The smallest absolute Gasteiger partial charge is 0.152 e. The molecule has 3 atom stereocenters. The van der Waals surface area contributed by atoms with Crippen LogP contribution in [0.3, 0.4) is 0 Å². The molecular weight excluding hydrogens is 210 g/mol. The van der Waals surface area contributed by atoms with Crippen LogP contribution in [0.5, 0.6) is 0 Å². The van der Waals surface area contributed by atoms with Crippen molar-refractivity contribution in [2.45, 2.75) is 71.9 Å². The van der Waals surface area contributed by atoms with Crippen molar-refractivity contribution in [3.8, 4) is 0 Å². The summed E-state index contributed by atoms with van der Waals surface area (Å²) in [5.41, 5.74) is 0. The van der Waals surface area contributed by atoms with Gasteiger partial charge in [0.05, 0.1) is 6.04 Å². The van der Waals surface area contributed by atoms with E-state index in [0.717, 1.165) is 12.3 Å². The van der Waals surface area contributed by atoms with Crippen molar-refractivity contribution in [3.05, 3.63) is 0 Å². The molecule has 0 amide bonds. The van der Waals surface area contributed by atoms with E-state index in [9.17, 15) is 4.79 Å². The fourth-order valence-corrected chi connectivity index (χ4v) is 3.38. The molecule has 0 radical (unpaired) electrons. The number of likely N-dealkylation sites (N-methyl/N-ethyl adjacent to an activating group) is 1. The molecule has 1 heterocycles. The third kappa shape index (κ3) is 3.09.